The minimum Gasteiger partial charge on any atom is -0.366 e. The Morgan fingerprint density at radius 1 is 1.19 bits per heavy atom. The molecule has 0 saturated heterocycles. The Kier molecular flexibility index (Phi) is 3.15. The summed E-state index contributed by atoms with van der Waals surface area (Å²) in [6.07, 6.45) is 1.78. The van der Waals surface area contributed by atoms with E-state index in [4.69, 9.17) is 0 Å². The van der Waals surface area contributed by atoms with Gasteiger partial charge in [0.1, 0.15) is 11.6 Å². The fourth-order valence-corrected chi connectivity index (χ4v) is 1.40. The number of hydrogen-bond acceptors (Lipinski definition) is 2. The van der Waals surface area contributed by atoms with E-state index in [1.807, 2.05) is 25.1 Å². The molecule has 0 radical (unpaired) electrons. The van der Waals surface area contributed by atoms with E-state index in [1.54, 1.807) is 18.3 Å². The molecule has 1 N–H and O–H groups in total. The molecular weight excluding hydrogens is 203 g/mol. The largest absolute Gasteiger partial charge is 0.366 e. The van der Waals surface area contributed by atoms with E-state index < -0.39 is 0 Å². The fraction of sp³-hybridized carbons (Fsp3) is 0.154. The third-order valence-corrected chi connectivity index (χ3v) is 2.33. The molecule has 2 nitrogen and oxygen atoms in total. The summed E-state index contributed by atoms with van der Waals surface area (Å²) in [5.74, 6) is 0.566. The van der Waals surface area contributed by atoms with Gasteiger partial charge in [-0.05, 0) is 24.6 Å². The molecule has 0 bridgehead atoms. The first-order valence-electron chi connectivity index (χ1n) is 5.15. The van der Waals surface area contributed by atoms with Crippen LogP contribution in [-0.4, -0.2) is 4.98 Å². The van der Waals surface area contributed by atoms with Crippen molar-refractivity contribution in [3.05, 3.63) is 59.5 Å². The molecule has 0 saturated carbocycles. The Morgan fingerprint density at radius 2 is 2.00 bits per heavy atom. The van der Waals surface area contributed by atoms with E-state index in [0.29, 0.717) is 12.1 Å². The van der Waals surface area contributed by atoms with Crippen molar-refractivity contribution in [2.24, 2.45) is 0 Å². The first-order valence-corrected chi connectivity index (χ1v) is 5.15. The molecule has 3 heteroatoms. The average Bonchev–Trinajstić information content (AvgIpc) is 2.30. The van der Waals surface area contributed by atoms with E-state index in [9.17, 15) is 4.39 Å². The number of benzene rings is 1. The quantitative estimate of drug-likeness (QED) is 0.852. The Balaban J connectivity index is 2.02. The molecule has 0 unspecified atom stereocenters. The van der Waals surface area contributed by atoms with Gasteiger partial charge in [-0.25, -0.2) is 9.37 Å². The summed E-state index contributed by atoms with van der Waals surface area (Å²) >= 11 is 0. The maximum absolute atomic E-state index is 13.3. The lowest BCUT2D eigenvalue weighted by atomic mass is 10.2. The number of halogens is 1. The number of rotatable bonds is 3. The molecule has 2 rings (SSSR count). The number of nitrogens with zero attached hydrogens (tertiary/aromatic N) is 1. The number of anilines is 1. The van der Waals surface area contributed by atoms with Crippen LogP contribution in [0.25, 0.3) is 0 Å². The lowest BCUT2D eigenvalue weighted by molar-refractivity contribution is 0.613. The molecule has 0 atom stereocenters. The van der Waals surface area contributed by atoms with Gasteiger partial charge in [0.05, 0.1) is 0 Å². The Hall–Kier alpha value is -1.90. The Bertz CT molecular complexity index is 466. The SMILES string of the molecule is Cc1ccc(NCc2ccccc2F)nc1. The zero-order chi connectivity index (χ0) is 11.4. The van der Waals surface area contributed by atoms with Crippen LogP contribution in [0.3, 0.4) is 0 Å². The molecular formula is C13H13FN2. The molecule has 0 aliphatic carbocycles. The lowest BCUT2D eigenvalue weighted by Gasteiger charge is -2.06. The van der Waals surface area contributed by atoms with Crippen molar-refractivity contribution >= 4 is 5.82 Å². The third-order valence-electron chi connectivity index (χ3n) is 2.33. The number of aromatic nitrogens is 1. The van der Waals surface area contributed by atoms with E-state index in [0.717, 1.165) is 11.4 Å². The molecule has 1 aromatic carbocycles. The first-order chi connectivity index (χ1) is 7.75. The summed E-state index contributed by atoms with van der Waals surface area (Å²) in [4.78, 5) is 4.19. The summed E-state index contributed by atoms with van der Waals surface area (Å²) in [6.45, 7) is 2.43. The second-order valence-electron chi connectivity index (χ2n) is 3.67. The number of aryl methyl sites for hydroxylation is 1. The van der Waals surface area contributed by atoms with Gasteiger partial charge in [0.2, 0.25) is 0 Å². The highest BCUT2D eigenvalue weighted by Crippen LogP contribution is 2.09. The van der Waals surface area contributed by atoms with Crippen LogP contribution in [0.15, 0.2) is 42.6 Å². The first kappa shape index (κ1) is 10.6. The minimum absolute atomic E-state index is 0.192. The van der Waals surface area contributed by atoms with Crippen LogP contribution < -0.4 is 5.32 Å². The van der Waals surface area contributed by atoms with Crippen LogP contribution in [0.4, 0.5) is 10.2 Å². The van der Waals surface area contributed by atoms with E-state index in [2.05, 4.69) is 10.3 Å². The van der Waals surface area contributed by atoms with Crippen molar-refractivity contribution in [2.75, 3.05) is 5.32 Å². The fourth-order valence-electron chi connectivity index (χ4n) is 1.40. The maximum Gasteiger partial charge on any atom is 0.128 e. The highest BCUT2D eigenvalue weighted by molar-refractivity contribution is 5.36. The summed E-state index contributed by atoms with van der Waals surface area (Å²) in [7, 11) is 0. The van der Waals surface area contributed by atoms with E-state index >= 15 is 0 Å². The van der Waals surface area contributed by atoms with Crippen LogP contribution in [0.1, 0.15) is 11.1 Å². The van der Waals surface area contributed by atoms with Crippen LogP contribution in [-0.2, 0) is 6.54 Å². The molecule has 16 heavy (non-hydrogen) atoms. The molecule has 82 valence electrons. The van der Waals surface area contributed by atoms with E-state index in [1.165, 1.54) is 6.07 Å². The van der Waals surface area contributed by atoms with Crippen molar-refractivity contribution < 1.29 is 4.39 Å². The second-order valence-corrected chi connectivity index (χ2v) is 3.67. The average molecular weight is 216 g/mol. The minimum atomic E-state index is -0.192. The predicted octanol–water partition coefficient (Wildman–Crippen LogP) is 3.14. The number of pyridine rings is 1. The van der Waals surface area contributed by atoms with Crippen molar-refractivity contribution in [3.63, 3.8) is 0 Å². The molecule has 0 aliphatic heterocycles. The highest BCUT2D eigenvalue weighted by Gasteiger charge is 2.00. The summed E-state index contributed by atoms with van der Waals surface area (Å²) in [5, 5.41) is 3.08. The molecule has 0 spiro atoms. The molecule has 0 aliphatic rings. The predicted molar refractivity (Wildman–Crippen MR) is 62.7 cm³/mol. The highest BCUT2D eigenvalue weighted by atomic mass is 19.1. The van der Waals surface area contributed by atoms with Crippen molar-refractivity contribution in [2.45, 2.75) is 13.5 Å². The molecule has 1 heterocycles. The van der Waals surface area contributed by atoms with Crippen molar-refractivity contribution in [1.82, 2.24) is 4.98 Å². The van der Waals surface area contributed by atoms with Gasteiger partial charge in [-0.3, -0.25) is 0 Å². The Labute approximate surface area is 94.2 Å². The zero-order valence-electron chi connectivity index (χ0n) is 9.07. The van der Waals surface area contributed by atoms with Crippen LogP contribution in [0, 0.1) is 12.7 Å². The number of hydrogen-bond donors (Lipinski definition) is 1. The lowest BCUT2D eigenvalue weighted by Crippen LogP contribution is -2.02. The van der Waals surface area contributed by atoms with E-state index in [-0.39, 0.29) is 5.82 Å². The molecule has 0 fully saturated rings. The van der Waals surface area contributed by atoms with Crippen LogP contribution in [0.5, 0.6) is 0 Å². The monoisotopic (exact) mass is 216 g/mol. The standard InChI is InChI=1S/C13H13FN2/c1-10-6-7-13(15-8-10)16-9-11-4-2-3-5-12(11)14/h2-8H,9H2,1H3,(H,15,16). The second kappa shape index (κ2) is 4.75. The van der Waals surface area contributed by atoms with Crippen LogP contribution in [0.2, 0.25) is 0 Å². The van der Waals surface area contributed by atoms with Crippen LogP contribution >= 0.6 is 0 Å². The smallest absolute Gasteiger partial charge is 0.128 e. The topological polar surface area (TPSA) is 24.9 Å². The van der Waals surface area contributed by atoms with Gasteiger partial charge >= 0.3 is 0 Å². The van der Waals surface area contributed by atoms with Gasteiger partial charge in [-0.2, -0.15) is 0 Å². The summed E-state index contributed by atoms with van der Waals surface area (Å²) < 4.78 is 13.3. The Morgan fingerprint density at radius 3 is 2.69 bits per heavy atom. The van der Waals surface area contributed by atoms with Gasteiger partial charge in [-0.15, -0.1) is 0 Å². The maximum atomic E-state index is 13.3. The van der Waals surface area contributed by atoms with Gasteiger partial charge in [0.15, 0.2) is 0 Å². The summed E-state index contributed by atoms with van der Waals surface area (Å²) in [6, 6.07) is 10.6. The molecule has 0 amide bonds. The van der Waals surface area contributed by atoms with Gasteiger partial charge in [-0.1, -0.05) is 24.3 Å². The number of nitrogens with one attached hydrogen (secondary N) is 1. The van der Waals surface area contributed by atoms with Gasteiger partial charge < -0.3 is 5.32 Å². The van der Waals surface area contributed by atoms with Gasteiger partial charge in [0.25, 0.3) is 0 Å². The summed E-state index contributed by atoms with van der Waals surface area (Å²) in [5.41, 5.74) is 1.75. The van der Waals surface area contributed by atoms with Crippen molar-refractivity contribution in [1.29, 1.82) is 0 Å². The normalized spacial score (nSPS) is 10.1. The third kappa shape index (κ3) is 2.57. The molecule has 1 aromatic heterocycles. The van der Waals surface area contributed by atoms with Crippen molar-refractivity contribution in [3.8, 4) is 0 Å². The zero-order valence-corrected chi connectivity index (χ0v) is 9.07. The molecule has 2 aromatic rings. The van der Waals surface area contributed by atoms with Gasteiger partial charge in [0, 0.05) is 18.3 Å².